The molecule has 3 heterocycles. The summed E-state index contributed by atoms with van der Waals surface area (Å²) in [5.74, 6) is -3.00. The summed E-state index contributed by atoms with van der Waals surface area (Å²) in [6, 6.07) is 0.622. The largest absolute Gasteiger partial charge is 0.487 e. The smallest absolute Gasteiger partial charge is 0.407 e. The Hall–Kier alpha value is -3.97. The van der Waals surface area contributed by atoms with E-state index in [-0.39, 0.29) is 36.6 Å². The highest BCUT2D eigenvalue weighted by Crippen LogP contribution is 2.33. The average molecular weight is 580 g/mol. The minimum absolute atomic E-state index is 0.0701. The number of oxime groups is 1. The SMILES string of the molecule is C[C@H](Oc1cnc(N2C[C@H](NC(=O)OC(C)(C)C)[C@@H](c3cc(F)c(F)cc3F)C2)nc1)C1CCN(/C(N)=N/O)CC1. The zero-order valence-corrected chi connectivity index (χ0v) is 23.5. The van der Waals surface area contributed by atoms with E-state index in [1.54, 1.807) is 25.7 Å². The Labute approximate surface area is 236 Å². The number of hydrogen-bond acceptors (Lipinski definition) is 8. The van der Waals surface area contributed by atoms with E-state index in [0.717, 1.165) is 18.9 Å². The van der Waals surface area contributed by atoms with Gasteiger partial charge in [-0.25, -0.2) is 27.9 Å². The Morgan fingerprint density at radius 3 is 2.37 bits per heavy atom. The van der Waals surface area contributed by atoms with Crippen molar-refractivity contribution in [1.82, 2.24) is 20.2 Å². The molecule has 0 spiro atoms. The number of alkyl carbamates (subject to hydrolysis) is 1. The minimum atomic E-state index is -1.29. The second-order valence-corrected chi connectivity index (χ2v) is 11.4. The Balaban J connectivity index is 1.45. The van der Waals surface area contributed by atoms with Gasteiger partial charge in [-0.3, -0.25) is 0 Å². The molecule has 1 amide bonds. The lowest BCUT2D eigenvalue weighted by Crippen LogP contribution is -2.45. The summed E-state index contributed by atoms with van der Waals surface area (Å²) >= 11 is 0. The van der Waals surface area contributed by atoms with Crippen LogP contribution in [0.5, 0.6) is 5.75 Å². The molecule has 14 heteroatoms. The van der Waals surface area contributed by atoms with E-state index in [1.807, 2.05) is 11.8 Å². The van der Waals surface area contributed by atoms with Crippen LogP contribution in [0.2, 0.25) is 0 Å². The number of piperidine rings is 1. The number of halogens is 3. The number of ether oxygens (including phenoxy) is 2. The Kier molecular flexibility index (Phi) is 8.98. The molecule has 11 nitrogen and oxygen atoms in total. The van der Waals surface area contributed by atoms with E-state index in [1.165, 1.54) is 12.4 Å². The van der Waals surface area contributed by atoms with Crippen LogP contribution >= 0.6 is 0 Å². The summed E-state index contributed by atoms with van der Waals surface area (Å²) < 4.78 is 53.9. The molecule has 0 aliphatic carbocycles. The molecule has 4 rings (SSSR count). The number of nitrogens with zero attached hydrogens (tertiary/aromatic N) is 5. The van der Waals surface area contributed by atoms with Crippen LogP contribution in [0.1, 0.15) is 52.0 Å². The average Bonchev–Trinajstić information content (AvgIpc) is 3.32. The molecule has 0 radical (unpaired) electrons. The molecule has 2 fully saturated rings. The molecular formula is C27H36F3N7O4. The molecule has 3 atom stereocenters. The standard InChI is InChI=1S/C27H36F3N7O4/c1-15(16-5-7-36(8-6-16)24(31)35-39)40-17-11-32-25(33-12-17)37-13-19(18-9-21(29)22(30)10-20(18)28)23(14-37)34-26(38)41-27(2,3)4/h9-12,15-16,19,23,39H,5-8,13-14H2,1-4H3,(H2,31,35)(H,34,38)/t15-,19+,23-/m0/s1. The minimum Gasteiger partial charge on any atom is -0.487 e. The van der Waals surface area contributed by atoms with Gasteiger partial charge in [0.2, 0.25) is 11.9 Å². The van der Waals surface area contributed by atoms with Gasteiger partial charge in [0.25, 0.3) is 0 Å². The zero-order chi connectivity index (χ0) is 29.9. The number of aromatic nitrogens is 2. The first-order chi connectivity index (χ1) is 19.3. The number of benzene rings is 1. The van der Waals surface area contributed by atoms with Crippen LogP contribution in [0.4, 0.5) is 23.9 Å². The maximum absolute atomic E-state index is 14.8. The van der Waals surface area contributed by atoms with Crippen molar-refractivity contribution in [2.75, 3.05) is 31.1 Å². The molecule has 0 unspecified atom stereocenters. The van der Waals surface area contributed by atoms with Gasteiger partial charge in [-0.1, -0.05) is 5.16 Å². The highest BCUT2D eigenvalue weighted by Gasteiger charge is 2.39. The Morgan fingerprint density at radius 1 is 1.12 bits per heavy atom. The van der Waals surface area contributed by atoms with Crippen molar-refractivity contribution in [1.29, 1.82) is 0 Å². The van der Waals surface area contributed by atoms with Crippen molar-refractivity contribution >= 4 is 18.0 Å². The van der Waals surface area contributed by atoms with Gasteiger partial charge in [-0.05, 0) is 58.1 Å². The van der Waals surface area contributed by atoms with Gasteiger partial charge in [0, 0.05) is 38.2 Å². The predicted octanol–water partition coefficient (Wildman–Crippen LogP) is 3.57. The molecule has 1 aromatic heterocycles. The number of anilines is 1. The van der Waals surface area contributed by atoms with E-state index >= 15 is 0 Å². The number of likely N-dealkylation sites (tertiary alicyclic amines) is 1. The third-order valence-corrected chi connectivity index (χ3v) is 7.31. The van der Waals surface area contributed by atoms with Crippen LogP contribution in [0.15, 0.2) is 29.7 Å². The van der Waals surface area contributed by atoms with E-state index < -0.39 is 41.1 Å². The monoisotopic (exact) mass is 579 g/mol. The fraction of sp³-hybridized carbons (Fsp3) is 0.556. The molecule has 1 aromatic carbocycles. The van der Waals surface area contributed by atoms with Crippen LogP contribution in [0.3, 0.4) is 0 Å². The number of carbonyl (C=O) groups excluding carboxylic acids is 1. The molecule has 2 aliphatic rings. The first kappa shape index (κ1) is 30.0. The summed E-state index contributed by atoms with van der Waals surface area (Å²) in [6.07, 6.45) is 3.83. The van der Waals surface area contributed by atoms with Crippen LogP contribution in [-0.2, 0) is 4.74 Å². The van der Waals surface area contributed by atoms with E-state index in [2.05, 4.69) is 20.4 Å². The number of nitrogens with one attached hydrogen (secondary N) is 1. The van der Waals surface area contributed by atoms with Crippen LogP contribution in [0, 0.1) is 23.4 Å². The lowest BCUT2D eigenvalue weighted by molar-refractivity contribution is 0.0504. The number of rotatable bonds is 6. The first-order valence-corrected chi connectivity index (χ1v) is 13.4. The van der Waals surface area contributed by atoms with Gasteiger partial charge in [-0.2, -0.15) is 0 Å². The Morgan fingerprint density at radius 2 is 1.76 bits per heavy atom. The predicted molar refractivity (Wildman–Crippen MR) is 144 cm³/mol. The molecule has 0 saturated carbocycles. The number of carbonyl (C=O) groups is 1. The number of amides is 1. The molecule has 2 aromatic rings. The maximum atomic E-state index is 14.8. The third kappa shape index (κ3) is 7.41. The fourth-order valence-corrected chi connectivity index (χ4v) is 5.22. The van der Waals surface area contributed by atoms with E-state index in [0.29, 0.717) is 30.9 Å². The van der Waals surface area contributed by atoms with Crippen molar-refractivity contribution in [2.45, 2.75) is 64.2 Å². The molecule has 2 aliphatic heterocycles. The van der Waals surface area contributed by atoms with Crippen LogP contribution < -0.4 is 20.7 Å². The van der Waals surface area contributed by atoms with Crippen molar-refractivity contribution in [3.05, 3.63) is 47.5 Å². The van der Waals surface area contributed by atoms with Gasteiger partial charge >= 0.3 is 6.09 Å². The molecule has 41 heavy (non-hydrogen) atoms. The highest BCUT2D eigenvalue weighted by atomic mass is 19.2. The second-order valence-electron chi connectivity index (χ2n) is 11.4. The quantitative estimate of drug-likeness (QED) is 0.154. The lowest BCUT2D eigenvalue weighted by atomic mass is 9.92. The van der Waals surface area contributed by atoms with Gasteiger partial charge in [0.15, 0.2) is 17.4 Å². The van der Waals surface area contributed by atoms with Crippen molar-refractivity contribution in [3.63, 3.8) is 0 Å². The summed E-state index contributed by atoms with van der Waals surface area (Å²) in [5.41, 5.74) is 4.84. The zero-order valence-electron chi connectivity index (χ0n) is 23.5. The molecular weight excluding hydrogens is 543 g/mol. The maximum Gasteiger partial charge on any atom is 0.407 e. The highest BCUT2D eigenvalue weighted by molar-refractivity contribution is 5.77. The van der Waals surface area contributed by atoms with Crippen LogP contribution in [0.25, 0.3) is 0 Å². The van der Waals surface area contributed by atoms with Crippen LogP contribution in [-0.4, -0.2) is 76.1 Å². The molecule has 0 bridgehead atoms. The van der Waals surface area contributed by atoms with Gasteiger partial charge in [-0.15, -0.1) is 0 Å². The molecule has 224 valence electrons. The van der Waals surface area contributed by atoms with E-state index in [9.17, 15) is 18.0 Å². The normalized spacial score (nSPS) is 21.1. The van der Waals surface area contributed by atoms with Gasteiger partial charge in [0.1, 0.15) is 11.4 Å². The lowest BCUT2D eigenvalue weighted by Gasteiger charge is -2.34. The number of hydrogen-bond donors (Lipinski definition) is 3. The van der Waals surface area contributed by atoms with Gasteiger partial charge < -0.3 is 35.5 Å². The van der Waals surface area contributed by atoms with Gasteiger partial charge in [0.05, 0.1) is 24.5 Å². The van der Waals surface area contributed by atoms with Crippen molar-refractivity contribution < 1.29 is 32.6 Å². The third-order valence-electron chi connectivity index (χ3n) is 7.31. The summed E-state index contributed by atoms with van der Waals surface area (Å²) in [5, 5.41) is 14.6. The number of guanidine groups is 1. The second kappa shape index (κ2) is 12.3. The molecule has 4 N–H and O–H groups in total. The van der Waals surface area contributed by atoms with Crippen molar-refractivity contribution in [3.8, 4) is 5.75 Å². The summed E-state index contributed by atoms with van der Waals surface area (Å²) in [6.45, 7) is 8.71. The summed E-state index contributed by atoms with van der Waals surface area (Å²) in [7, 11) is 0. The van der Waals surface area contributed by atoms with Crippen molar-refractivity contribution in [2.24, 2.45) is 16.8 Å². The Bertz CT molecular complexity index is 1250. The fourth-order valence-electron chi connectivity index (χ4n) is 5.22. The summed E-state index contributed by atoms with van der Waals surface area (Å²) in [4.78, 5) is 24.9. The first-order valence-electron chi connectivity index (χ1n) is 13.4. The topological polar surface area (TPSA) is 138 Å². The molecule has 2 saturated heterocycles. The van der Waals surface area contributed by atoms with E-state index in [4.69, 9.17) is 20.4 Å². The number of nitrogens with two attached hydrogens (primary N) is 1.